The van der Waals surface area contributed by atoms with Crippen molar-refractivity contribution in [1.82, 2.24) is 10.2 Å². The molecule has 4 heteroatoms. The number of hydrogen-bond donors (Lipinski definition) is 1. The zero-order chi connectivity index (χ0) is 11.5. The minimum atomic E-state index is -0.729. The lowest BCUT2D eigenvalue weighted by Gasteiger charge is -2.18. The van der Waals surface area contributed by atoms with Gasteiger partial charge in [-0.2, -0.15) is 0 Å². The summed E-state index contributed by atoms with van der Waals surface area (Å²) in [5, 5.41) is 2.69. The Morgan fingerprint density at radius 2 is 2.20 bits per heavy atom. The van der Waals surface area contributed by atoms with Gasteiger partial charge in [0.1, 0.15) is 5.54 Å². The Balaban J connectivity index is 2.64. The quantitative estimate of drug-likeness (QED) is 0.427. The van der Waals surface area contributed by atoms with Crippen LogP contribution in [0.5, 0.6) is 0 Å². The topological polar surface area (TPSA) is 49.4 Å². The molecule has 0 aliphatic carbocycles. The average Bonchev–Trinajstić information content (AvgIpc) is 2.42. The zero-order valence-electron chi connectivity index (χ0n) is 9.17. The fourth-order valence-electron chi connectivity index (χ4n) is 1.53. The lowest BCUT2D eigenvalue weighted by atomic mass is 9.99. The van der Waals surface area contributed by atoms with Gasteiger partial charge in [0.05, 0.1) is 0 Å². The molecular formula is C11H16N2O2. The van der Waals surface area contributed by atoms with Crippen molar-refractivity contribution in [3.63, 3.8) is 0 Å². The van der Waals surface area contributed by atoms with Gasteiger partial charge >= 0.3 is 6.03 Å². The molecule has 0 aromatic rings. The first kappa shape index (κ1) is 11.6. The molecule has 1 heterocycles. The summed E-state index contributed by atoms with van der Waals surface area (Å²) in [4.78, 5) is 24.6. The van der Waals surface area contributed by atoms with Crippen molar-refractivity contribution in [2.24, 2.45) is 0 Å². The van der Waals surface area contributed by atoms with Gasteiger partial charge in [0.15, 0.2) is 0 Å². The van der Waals surface area contributed by atoms with E-state index in [9.17, 15) is 9.59 Å². The SMILES string of the molecule is C#CCCCN1C(=O)NC(C)(CC)C1=O. The van der Waals surface area contributed by atoms with Gasteiger partial charge < -0.3 is 5.32 Å². The summed E-state index contributed by atoms with van der Waals surface area (Å²) in [6.07, 6.45) is 6.95. The summed E-state index contributed by atoms with van der Waals surface area (Å²) < 4.78 is 0. The van der Waals surface area contributed by atoms with Gasteiger partial charge in [0, 0.05) is 13.0 Å². The monoisotopic (exact) mass is 208 g/mol. The van der Waals surface area contributed by atoms with Crippen LogP contribution in [0.3, 0.4) is 0 Å². The number of terminal acetylenes is 1. The molecule has 1 atom stereocenters. The van der Waals surface area contributed by atoms with Crippen molar-refractivity contribution in [1.29, 1.82) is 0 Å². The molecule has 1 saturated heterocycles. The summed E-state index contributed by atoms with van der Waals surface area (Å²) in [5.41, 5.74) is -0.729. The molecule has 0 saturated carbocycles. The number of carbonyl (C=O) groups is 2. The number of carbonyl (C=O) groups excluding carboxylic acids is 2. The molecule has 0 radical (unpaired) electrons. The number of nitrogens with one attached hydrogen (secondary N) is 1. The van der Waals surface area contributed by atoms with Crippen LogP contribution in [0.2, 0.25) is 0 Å². The van der Waals surface area contributed by atoms with Crippen molar-refractivity contribution in [2.45, 2.75) is 38.6 Å². The van der Waals surface area contributed by atoms with E-state index in [0.29, 0.717) is 25.8 Å². The van der Waals surface area contributed by atoms with Crippen LogP contribution in [0.15, 0.2) is 0 Å². The maximum absolute atomic E-state index is 11.9. The maximum atomic E-state index is 11.9. The van der Waals surface area contributed by atoms with Crippen LogP contribution in [-0.4, -0.2) is 28.9 Å². The molecule has 1 unspecified atom stereocenters. The highest BCUT2D eigenvalue weighted by atomic mass is 16.2. The van der Waals surface area contributed by atoms with Crippen LogP contribution in [0.25, 0.3) is 0 Å². The number of nitrogens with zero attached hydrogens (tertiary/aromatic N) is 1. The number of imide groups is 1. The highest BCUT2D eigenvalue weighted by Gasteiger charge is 2.45. The van der Waals surface area contributed by atoms with Crippen molar-refractivity contribution in [3.05, 3.63) is 0 Å². The highest BCUT2D eigenvalue weighted by molar-refractivity contribution is 6.06. The molecule has 0 spiro atoms. The van der Waals surface area contributed by atoms with Gasteiger partial charge in [-0.25, -0.2) is 4.79 Å². The second-order valence-electron chi connectivity index (χ2n) is 3.88. The summed E-state index contributed by atoms with van der Waals surface area (Å²) in [6.45, 7) is 4.03. The lowest BCUT2D eigenvalue weighted by molar-refractivity contribution is -0.130. The van der Waals surface area contributed by atoms with E-state index in [1.54, 1.807) is 6.92 Å². The van der Waals surface area contributed by atoms with Crippen LogP contribution in [0.1, 0.15) is 33.1 Å². The molecule has 15 heavy (non-hydrogen) atoms. The molecule has 0 aromatic heterocycles. The van der Waals surface area contributed by atoms with E-state index in [1.165, 1.54) is 4.90 Å². The van der Waals surface area contributed by atoms with Crippen molar-refractivity contribution in [2.75, 3.05) is 6.54 Å². The Labute approximate surface area is 90.0 Å². The Kier molecular flexibility index (Phi) is 3.35. The van der Waals surface area contributed by atoms with Gasteiger partial charge in [0.2, 0.25) is 0 Å². The smallest absolute Gasteiger partial charge is 0.323 e. The van der Waals surface area contributed by atoms with E-state index in [-0.39, 0.29) is 11.9 Å². The number of amides is 3. The molecule has 4 nitrogen and oxygen atoms in total. The standard InChI is InChI=1S/C11H16N2O2/c1-4-6-7-8-13-9(14)11(3,5-2)12-10(13)15/h1H,5-8H2,2-3H3,(H,12,15). The van der Waals surface area contributed by atoms with Crippen LogP contribution < -0.4 is 5.32 Å². The first-order valence-electron chi connectivity index (χ1n) is 5.12. The third kappa shape index (κ3) is 2.12. The van der Waals surface area contributed by atoms with Gasteiger partial charge in [0.25, 0.3) is 5.91 Å². The van der Waals surface area contributed by atoms with E-state index >= 15 is 0 Å². The van der Waals surface area contributed by atoms with Gasteiger partial charge in [-0.15, -0.1) is 12.3 Å². The Bertz CT molecular complexity index is 319. The first-order chi connectivity index (χ1) is 7.05. The second-order valence-corrected chi connectivity index (χ2v) is 3.88. The average molecular weight is 208 g/mol. The van der Waals surface area contributed by atoms with Crippen LogP contribution in [-0.2, 0) is 4.79 Å². The molecule has 0 bridgehead atoms. The number of unbranched alkanes of at least 4 members (excludes halogenated alkanes) is 1. The number of rotatable bonds is 4. The molecule has 1 aliphatic heterocycles. The highest BCUT2D eigenvalue weighted by Crippen LogP contribution is 2.20. The summed E-state index contributed by atoms with van der Waals surface area (Å²) >= 11 is 0. The summed E-state index contributed by atoms with van der Waals surface area (Å²) in [5.74, 6) is 2.34. The molecule has 1 aliphatic rings. The molecule has 1 rings (SSSR count). The van der Waals surface area contributed by atoms with E-state index in [2.05, 4.69) is 11.2 Å². The predicted octanol–water partition coefficient (Wildman–Crippen LogP) is 1.12. The fraction of sp³-hybridized carbons (Fsp3) is 0.636. The fourth-order valence-corrected chi connectivity index (χ4v) is 1.53. The molecule has 3 amide bonds. The van der Waals surface area contributed by atoms with Gasteiger partial charge in [-0.3, -0.25) is 9.69 Å². The molecule has 1 fully saturated rings. The Morgan fingerprint density at radius 1 is 1.53 bits per heavy atom. The van der Waals surface area contributed by atoms with Crippen LogP contribution >= 0.6 is 0 Å². The minimum Gasteiger partial charge on any atom is -0.323 e. The summed E-state index contributed by atoms with van der Waals surface area (Å²) in [7, 11) is 0. The van der Waals surface area contributed by atoms with Crippen molar-refractivity contribution in [3.8, 4) is 12.3 Å². The second kappa shape index (κ2) is 4.35. The lowest BCUT2D eigenvalue weighted by Crippen LogP contribution is -2.43. The summed E-state index contributed by atoms with van der Waals surface area (Å²) in [6, 6.07) is -0.304. The largest absolute Gasteiger partial charge is 0.325 e. The number of urea groups is 1. The van der Waals surface area contributed by atoms with Gasteiger partial charge in [-0.1, -0.05) is 6.92 Å². The first-order valence-corrected chi connectivity index (χ1v) is 5.12. The van der Waals surface area contributed by atoms with E-state index in [4.69, 9.17) is 6.42 Å². The zero-order valence-corrected chi connectivity index (χ0v) is 9.17. The van der Waals surface area contributed by atoms with Crippen molar-refractivity contribution >= 4 is 11.9 Å². The van der Waals surface area contributed by atoms with Crippen LogP contribution in [0, 0.1) is 12.3 Å². The van der Waals surface area contributed by atoms with E-state index in [1.807, 2.05) is 6.92 Å². The normalized spacial score (nSPS) is 25.3. The Hall–Kier alpha value is -1.50. The van der Waals surface area contributed by atoms with E-state index in [0.717, 1.165) is 0 Å². The third-order valence-electron chi connectivity index (χ3n) is 2.76. The number of hydrogen-bond acceptors (Lipinski definition) is 2. The minimum absolute atomic E-state index is 0.146. The third-order valence-corrected chi connectivity index (χ3v) is 2.76. The van der Waals surface area contributed by atoms with Crippen molar-refractivity contribution < 1.29 is 9.59 Å². The maximum Gasteiger partial charge on any atom is 0.325 e. The molecule has 82 valence electrons. The predicted molar refractivity (Wildman–Crippen MR) is 57.0 cm³/mol. The molecular weight excluding hydrogens is 192 g/mol. The Morgan fingerprint density at radius 3 is 2.67 bits per heavy atom. The van der Waals surface area contributed by atoms with Gasteiger partial charge in [-0.05, 0) is 19.8 Å². The van der Waals surface area contributed by atoms with E-state index < -0.39 is 5.54 Å². The van der Waals surface area contributed by atoms with Crippen LogP contribution in [0.4, 0.5) is 4.79 Å². The molecule has 1 N–H and O–H groups in total. The molecule has 0 aromatic carbocycles.